The summed E-state index contributed by atoms with van der Waals surface area (Å²) in [4.78, 5) is 24.3. The average Bonchev–Trinajstić information content (AvgIpc) is 2.33. The molecule has 10 nitrogen and oxygen atoms in total. The molecule has 0 aromatic rings. The summed E-state index contributed by atoms with van der Waals surface area (Å²) in [6, 6.07) is 0. The molecule has 0 radical (unpaired) electrons. The van der Waals surface area contributed by atoms with Crippen LogP contribution in [0.4, 0.5) is 0 Å². The van der Waals surface area contributed by atoms with Crippen molar-refractivity contribution in [1.29, 1.82) is 0 Å². The predicted molar refractivity (Wildman–Crippen MR) is 101 cm³/mol. The van der Waals surface area contributed by atoms with Gasteiger partial charge in [0.15, 0.2) is 0 Å². The summed E-state index contributed by atoms with van der Waals surface area (Å²) in [7, 11) is -10.3. The quantitative estimate of drug-likeness (QED) is 0.122. The largest absolute Gasteiger partial charge is 2.00 e. The van der Waals surface area contributed by atoms with E-state index in [1.54, 1.807) is 0 Å². The molecular formula is C12H30Ca2NaO10PS. The molecule has 0 aromatic heterocycles. The second-order valence-corrected chi connectivity index (χ2v) is 7.81. The number of unbranched alkanes of at least 4 members (excludes halogenated alkanes) is 9. The molecule has 0 aliphatic carbocycles. The minimum Gasteiger partial charge on any atom is -0.790 e. The van der Waals surface area contributed by atoms with Gasteiger partial charge >= 0.3 is 178 Å². The SMILES string of the molecule is CCCCCCCCCCC[CH2][Na].O.O.O=P([O-])([O-])O.O=S(=O)([O-])[O-].[Ca+2].[Ca+2]. The maximum Gasteiger partial charge on any atom is 2.00 e. The van der Waals surface area contributed by atoms with Crippen molar-refractivity contribution in [2.45, 2.75) is 74.8 Å². The van der Waals surface area contributed by atoms with Crippen molar-refractivity contribution in [3.05, 3.63) is 0 Å². The van der Waals surface area contributed by atoms with E-state index in [0.29, 0.717) is 0 Å². The van der Waals surface area contributed by atoms with Crippen LogP contribution >= 0.6 is 7.82 Å². The number of rotatable bonds is 10. The fraction of sp³-hybridized carbons (Fsp3) is 1.00. The summed E-state index contributed by atoms with van der Waals surface area (Å²) < 4.78 is 44.3. The molecule has 0 aromatic carbocycles. The molecule has 0 fully saturated rings. The standard InChI is InChI=1S/C12H25.2Ca.Na.H3O4P.H2O4S.2H2O/c1-3-5-7-9-11-12-10-8-6-4-2;;;;2*1-5(2,3)4;;/h1,3-12H2,2H3;;;;(H3,1,2,3,4);(H2,1,2,3,4);2*1H2/q;2*+2;;;;;/p-4. The maximum atomic E-state index is 8.66. The van der Waals surface area contributed by atoms with Crippen LogP contribution in [0.3, 0.4) is 0 Å². The van der Waals surface area contributed by atoms with Gasteiger partial charge in [-0.2, -0.15) is 0 Å². The number of hydrogen-bond donors (Lipinski definition) is 1. The Kier molecular flexibility index (Phi) is 60.5. The molecule has 0 saturated heterocycles. The molecule has 15 heteroatoms. The van der Waals surface area contributed by atoms with Crippen molar-refractivity contribution in [2.24, 2.45) is 0 Å². The first kappa shape index (κ1) is 48.0. The van der Waals surface area contributed by atoms with E-state index in [1.165, 1.54) is 95.8 Å². The van der Waals surface area contributed by atoms with Gasteiger partial charge in [-0.15, -0.1) is 0 Å². The van der Waals surface area contributed by atoms with Crippen LogP contribution in [0.15, 0.2) is 0 Å². The Balaban J connectivity index is -0.0000000488. The monoisotopic (exact) mass is 500 g/mol. The van der Waals surface area contributed by atoms with Crippen molar-refractivity contribution in [1.82, 2.24) is 0 Å². The van der Waals surface area contributed by atoms with Gasteiger partial charge < -0.3 is 39.3 Å². The molecule has 0 rings (SSSR count). The molecule has 0 saturated carbocycles. The summed E-state index contributed by atoms with van der Waals surface area (Å²) in [6.45, 7) is 2.29. The fourth-order valence-corrected chi connectivity index (χ4v) is 2.24. The topological polar surface area (TPSA) is 227 Å². The molecule has 27 heavy (non-hydrogen) atoms. The zero-order valence-corrected chi connectivity index (χ0v) is 24.5. The summed E-state index contributed by atoms with van der Waals surface area (Å²) in [5.41, 5.74) is 0. The van der Waals surface area contributed by atoms with Crippen LogP contribution in [0.1, 0.15) is 71.1 Å². The molecule has 0 aliphatic rings. The Bertz CT molecular complexity index is 358. The van der Waals surface area contributed by atoms with Crippen LogP contribution in [-0.4, -0.2) is 137 Å². The third-order valence-electron chi connectivity index (χ3n) is 2.71. The van der Waals surface area contributed by atoms with E-state index in [0.717, 1.165) is 0 Å². The first-order chi connectivity index (χ1) is 10.4. The Morgan fingerprint density at radius 1 is 0.815 bits per heavy atom. The van der Waals surface area contributed by atoms with Crippen molar-refractivity contribution >= 4 is 122 Å². The van der Waals surface area contributed by atoms with Crippen molar-refractivity contribution in [3.63, 3.8) is 0 Å². The Labute approximate surface area is 240 Å². The molecule has 0 atom stereocenters. The zero-order valence-electron chi connectivity index (χ0n) is 16.4. The van der Waals surface area contributed by atoms with Gasteiger partial charge in [-0.05, 0) is 0 Å². The van der Waals surface area contributed by atoms with Crippen molar-refractivity contribution in [2.75, 3.05) is 0 Å². The molecule has 154 valence electrons. The van der Waals surface area contributed by atoms with Gasteiger partial charge in [-0.3, -0.25) is 8.42 Å². The van der Waals surface area contributed by atoms with Gasteiger partial charge in [0.25, 0.3) is 0 Å². The first-order valence-corrected chi connectivity index (χ1v) is 12.1. The number of phosphoric acid groups is 1. The maximum absolute atomic E-state index is 8.66. The zero-order chi connectivity index (χ0) is 18.8. The third-order valence-corrected chi connectivity index (χ3v) is 3.41. The number of hydrogen-bond acceptors (Lipinski definition) is 7. The van der Waals surface area contributed by atoms with Crippen LogP contribution in [0.2, 0.25) is 3.67 Å². The molecule has 0 aliphatic heterocycles. The second-order valence-electron chi connectivity index (χ2n) is 5.06. The van der Waals surface area contributed by atoms with Crippen LogP contribution in [-0.2, 0) is 15.0 Å². The second kappa shape index (κ2) is 34.0. The molecule has 0 bridgehead atoms. The summed E-state index contributed by atoms with van der Waals surface area (Å²) in [5, 5.41) is 0. The van der Waals surface area contributed by atoms with Gasteiger partial charge in [-0.1, -0.05) is 0 Å². The van der Waals surface area contributed by atoms with Gasteiger partial charge in [0.2, 0.25) is 0 Å². The fourth-order valence-electron chi connectivity index (χ4n) is 1.74. The van der Waals surface area contributed by atoms with Gasteiger partial charge in [0, 0.05) is 10.4 Å². The van der Waals surface area contributed by atoms with Gasteiger partial charge in [0.1, 0.15) is 0 Å². The van der Waals surface area contributed by atoms with Crippen molar-refractivity contribution < 1.29 is 47.7 Å². The molecular weight excluding hydrogens is 470 g/mol. The minimum absolute atomic E-state index is 0. The van der Waals surface area contributed by atoms with Crippen LogP contribution in [0, 0.1) is 0 Å². The van der Waals surface area contributed by atoms with E-state index in [9.17, 15) is 0 Å². The summed E-state index contributed by atoms with van der Waals surface area (Å²) in [5.74, 6) is 0. The van der Waals surface area contributed by atoms with Crippen LogP contribution in [0.25, 0.3) is 0 Å². The third kappa shape index (κ3) is 123. The van der Waals surface area contributed by atoms with Gasteiger partial charge in [0.05, 0.1) is 7.82 Å². The average molecular weight is 501 g/mol. The molecule has 5 N–H and O–H groups in total. The Morgan fingerprint density at radius 3 is 1.19 bits per heavy atom. The summed E-state index contributed by atoms with van der Waals surface area (Å²) >= 11 is 1.41. The minimum atomic E-state index is -5.17. The van der Waals surface area contributed by atoms with Crippen molar-refractivity contribution in [3.8, 4) is 0 Å². The molecule has 0 amide bonds. The molecule has 0 unspecified atom stereocenters. The first-order valence-electron chi connectivity index (χ1n) is 7.83. The van der Waals surface area contributed by atoms with E-state index >= 15 is 0 Å². The Morgan fingerprint density at radius 2 is 1.00 bits per heavy atom. The predicted octanol–water partition coefficient (Wildman–Crippen LogP) is -1.45. The van der Waals surface area contributed by atoms with E-state index in [2.05, 4.69) is 6.92 Å². The van der Waals surface area contributed by atoms with Crippen LogP contribution in [0.5, 0.6) is 0 Å². The smallest absolute Gasteiger partial charge is 0.790 e. The van der Waals surface area contributed by atoms with E-state index in [-0.39, 0.29) is 86.4 Å². The summed E-state index contributed by atoms with van der Waals surface area (Å²) in [6.07, 6.45) is 14.7. The van der Waals surface area contributed by atoms with Crippen LogP contribution < -0.4 is 9.79 Å². The van der Waals surface area contributed by atoms with Gasteiger partial charge in [-0.25, -0.2) is 0 Å². The molecule has 0 heterocycles. The molecule has 0 spiro atoms. The van der Waals surface area contributed by atoms with E-state index in [4.69, 9.17) is 36.8 Å². The Hall–Kier alpha value is 3.42. The van der Waals surface area contributed by atoms with E-state index in [1.807, 2.05) is 0 Å². The van der Waals surface area contributed by atoms with E-state index < -0.39 is 18.2 Å². The normalized spacial score (nSPS) is 9.48.